The first-order valence-corrected chi connectivity index (χ1v) is 10.4. The zero-order valence-corrected chi connectivity index (χ0v) is 16.1. The molecular formula is C18H20N2O4S2. The maximum atomic E-state index is 12.6. The number of ether oxygens (including phenoxy) is 1. The highest BCUT2D eigenvalue weighted by Gasteiger charge is 2.17. The Morgan fingerprint density at radius 3 is 2.50 bits per heavy atom. The number of anilines is 2. The zero-order valence-electron chi connectivity index (χ0n) is 14.5. The maximum Gasteiger partial charge on any atom is 0.261 e. The Kier molecular flexibility index (Phi) is 6.70. The van der Waals surface area contributed by atoms with Crippen LogP contribution >= 0.6 is 11.8 Å². The number of thioether (sulfide) groups is 1. The van der Waals surface area contributed by atoms with E-state index in [0.29, 0.717) is 23.7 Å². The summed E-state index contributed by atoms with van der Waals surface area (Å²) in [6, 6.07) is 11.2. The van der Waals surface area contributed by atoms with E-state index in [-0.39, 0.29) is 10.8 Å². The minimum absolute atomic E-state index is 0.0611. The first kappa shape index (κ1) is 19.9. The van der Waals surface area contributed by atoms with Gasteiger partial charge in [0.1, 0.15) is 12.4 Å². The average Bonchev–Trinajstić information content (AvgIpc) is 2.60. The van der Waals surface area contributed by atoms with Crippen LogP contribution in [0.2, 0.25) is 0 Å². The zero-order chi connectivity index (χ0) is 19.2. The van der Waals surface area contributed by atoms with E-state index in [4.69, 9.17) is 4.74 Å². The summed E-state index contributed by atoms with van der Waals surface area (Å²) in [5.41, 5.74) is 0.868. The van der Waals surface area contributed by atoms with Crippen molar-refractivity contribution in [3.8, 4) is 5.75 Å². The maximum absolute atomic E-state index is 12.6. The van der Waals surface area contributed by atoms with Crippen LogP contribution in [0.25, 0.3) is 0 Å². The summed E-state index contributed by atoms with van der Waals surface area (Å²) in [4.78, 5) is 12.2. The SMILES string of the molecule is C=CCOc1ccc(NS(=O)(=O)c2ccc(SC)c(NC(C)=O)c2)cc1. The summed E-state index contributed by atoms with van der Waals surface area (Å²) in [6.07, 6.45) is 3.48. The Hall–Kier alpha value is -2.45. The minimum Gasteiger partial charge on any atom is -0.490 e. The van der Waals surface area contributed by atoms with Gasteiger partial charge >= 0.3 is 0 Å². The van der Waals surface area contributed by atoms with Crippen LogP contribution < -0.4 is 14.8 Å². The molecule has 1 amide bonds. The Labute approximate surface area is 157 Å². The number of benzene rings is 2. The normalized spacial score (nSPS) is 10.8. The Balaban J connectivity index is 2.24. The largest absolute Gasteiger partial charge is 0.490 e. The molecule has 0 fully saturated rings. The summed E-state index contributed by atoms with van der Waals surface area (Å²) >= 11 is 1.42. The van der Waals surface area contributed by atoms with Gasteiger partial charge in [0, 0.05) is 17.5 Å². The number of nitrogens with one attached hydrogen (secondary N) is 2. The van der Waals surface area contributed by atoms with Crippen LogP contribution in [0.5, 0.6) is 5.75 Å². The number of hydrogen-bond acceptors (Lipinski definition) is 5. The Bertz CT molecular complexity index is 894. The summed E-state index contributed by atoms with van der Waals surface area (Å²) in [6.45, 7) is 5.32. The molecule has 6 nitrogen and oxygen atoms in total. The van der Waals surface area contributed by atoms with Gasteiger partial charge in [0.05, 0.1) is 10.6 Å². The van der Waals surface area contributed by atoms with Gasteiger partial charge in [0.25, 0.3) is 10.0 Å². The van der Waals surface area contributed by atoms with Crippen molar-refractivity contribution in [2.24, 2.45) is 0 Å². The van der Waals surface area contributed by atoms with Crippen LogP contribution in [0.15, 0.2) is 64.9 Å². The molecule has 0 bridgehead atoms. The third-order valence-electron chi connectivity index (χ3n) is 3.27. The summed E-state index contributed by atoms with van der Waals surface area (Å²) < 4.78 is 33.1. The predicted octanol–water partition coefficient (Wildman–Crippen LogP) is 3.73. The van der Waals surface area contributed by atoms with E-state index in [1.807, 2.05) is 6.26 Å². The highest BCUT2D eigenvalue weighted by Crippen LogP contribution is 2.29. The van der Waals surface area contributed by atoms with E-state index in [0.717, 1.165) is 4.90 Å². The number of carbonyl (C=O) groups excluding carboxylic acids is 1. The van der Waals surface area contributed by atoms with Gasteiger partial charge in [-0.25, -0.2) is 8.42 Å². The third kappa shape index (κ3) is 5.27. The van der Waals surface area contributed by atoms with E-state index < -0.39 is 10.0 Å². The van der Waals surface area contributed by atoms with Gasteiger partial charge < -0.3 is 10.1 Å². The lowest BCUT2D eigenvalue weighted by atomic mass is 10.3. The van der Waals surface area contributed by atoms with Crippen molar-refractivity contribution in [2.75, 3.05) is 22.9 Å². The van der Waals surface area contributed by atoms with Crippen molar-refractivity contribution in [3.05, 3.63) is 55.1 Å². The number of sulfonamides is 1. The van der Waals surface area contributed by atoms with Crippen LogP contribution in [0, 0.1) is 0 Å². The molecular weight excluding hydrogens is 372 g/mol. The first-order chi connectivity index (χ1) is 12.4. The molecule has 0 heterocycles. The number of carbonyl (C=O) groups is 1. The van der Waals surface area contributed by atoms with Crippen molar-refractivity contribution in [1.82, 2.24) is 0 Å². The van der Waals surface area contributed by atoms with Crippen molar-refractivity contribution in [3.63, 3.8) is 0 Å². The molecule has 0 saturated heterocycles. The fraction of sp³-hybridized carbons (Fsp3) is 0.167. The predicted molar refractivity (Wildman–Crippen MR) is 105 cm³/mol. The lowest BCUT2D eigenvalue weighted by molar-refractivity contribution is -0.114. The number of hydrogen-bond donors (Lipinski definition) is 2. The van der Waals surface area contributed by atoms with Crippen LogP contribution in [-0.4, -0.2) is 27.2 Å². The van der Waals surface area contributed by atoms with Crippen molar-refractivity contribution >= 4 is 39.1 Å². The second-order valence-corrected chi connectivity index (χ2v) is 7.80. The molecule has 2 aromatic carbocycles. The average molecular weight is 393 g/mol. The molecule has 0 aliphatic rings. The molecule has 0 spiro atoms. The van der Waals surface area contributed by atoms with Crippen LogP contribution in [0.3, 0.4) is 0 Å². The second kappa shape index (κ2) is 8.77. The molecule has 0 radical (unpaired) electrons. The summed E-state index contributed by atoms with van der Waals surface area (Å²) in [7, 11) is -3.79. The fourth-order valence-corrected chi connectivity index (χ4v) is 3.75. The monoisotopic (exact) mass is 392 g/mol. The molecule has 2 aromatic rings. The van der Waals surface area contributed by atoms with Crippen LogP contribution in [0.4, 0.5) is 11.4 Å². The molecule has 2 N–H and O–H groups in total. The van der Waals surface area contributed by atoms with Gasteiger partial charge in [-0.1, -0.05) is 12.7 Å². The third-order valence-corrected chi connectivity index (χ3v) is 5.44. The van der Waals surface area contributed by atoms with Gasteiger partial charge in [-0.15, -0.1) is 11.8 Å². The molecule has 0 saturated carbocycles. The molecule has 0 aliphatic carbocycles. The van der Waals surface area contributed by atoms with Gasteiger partial charge in [-0.3, -0.25) is 9.52 Å². The lowest BCUT2D eigenvalue weighted by Gasteiger charge is -2.13. The molecule has 0 aromatic heterocycles. The van der Waals surface area contributed by atoms with Crippen molar-refractivity contribution < 1.29 is 17.9 Å². The molecule has 8 heteroatoms. The topological polar surface area (TPSA) is 84.5 Å². The quantitative estimate of drug-likeness (QED) is 0.528. The highest BCUT2D eigenvalue weighted by atomic mass is 32.2. The minimum atomic E-state index is -3.79. The van der Waals surface area contributed by atoms with Crippen LogP contribution in [0.1, 0.15) is 6.92 Å². The second-order valence-electron chi connectivity index (χ2n) is 5.27. The highest BCUT2D eigenvalue weighted by molar-refractivity contribution is 7.98. The van der Waals surface area contributed by atoms with Crippen molar-refractivity contribution in [2.45, 2.75) is 16.7 Å². The lowest BCUT2D eigenvalue weighted by Crippen LogP contribution is -2.14. The van der Waals surface area contributed by atoms with E-state index in [2.05, 4.69) is 16.6 Å². The van der Waals surface area contributed by atoms with Gasteiger partial charge in [0.15, 0.2) is 0 Å². The van der Waals surface area contributed by atoms with E-state index >= 15 is 0 Å². The number of rotatable bonds is 8. The molecule has 2 rings (SSSR count). The Morgan fingerprint density at radius 1 is 1.23 bits per heavy atom. The number of amides is 1. The van der Waals surface area contributed by atoms with E-state index in [1.165, 1.54) is 30.8 Å². The molecule has 0 unspecified atom stereocenters. The van der Waals surface area contributed by atoms with E-state index in [1.54, 1.807) is 36.4 Å². The van der Waals surface area contributed by atoms with Gasteiger partial charge in [-0.2, -0.15) is 0 Å². The van der Waals surface area contributed by atoms with Crippen LogP contribution in [-0.2, 0) is 14.8 Å². The first-order valence-electron chi connectivity index (χ1n) is 7.68. The Morgan fingerprint density at radius 2 is 1.92 bits per heavy atom. The smallest absolute Gasteiger partial charge is 0.261 e. The molecule has 0 atom stereocenters. The van der Waals surface area contributed by atoms with E-state index in [9.17, 15) is 13.2 Å². The summed E-state index contributed by atoms with van der Waals surface area (Å²) in [5.74, 6) is 0.350. The van der Waals surface area contributed by atoms with Gasteiger partial charge in [-0.05, 0) is 48.7 Å². The van der Waals surface area contributed by atoms with Crippen molar-refractivity contribution in [1.29, 1.82) is 0 Å². The fourth-order valence-electron chi connectivity index (χ4n) is 2.13. The molecule has 26 heavy (non-hydrogen) atoms. The summed E-state index contributed by atoms with van der Waals surface area (Å²) in [5, 5.41) is 2.65. The standard InChI is InChI=1S/C18H20N2O4S2/c1-4-11-24-15-7-5-14(6-8-15)20-26(22,23)16-9-10-18(25-3)17(12-16)19-13(2)21/h4-10,12,20H,1,11H2,2-3H3,(H,19,21). The molecule has 138 valence electrons. The van der Waals surface area contributed by atoms with Gasteiger partial charge in [0.2, 0.25) is 5.91 Å². The molecule has 0 aliphatic heterocycles.